The average Bonchev–Trinajstić information content (AvgIpc) is 2.91. The number of hydrogen-bond donors (Lipinski definition) is 1. The molecule has 1 aromatic heterocycles. The number of benzene rings is 1. The van der Waals surface area contributed by atoms with E-state index in [1.165, 1.54) is 12.1 Å². The molecule has 1 amide bonds. The third-order valence-electron chi connectivity index (χ3n) is 4.69. The molecular formula is C18H23FN4O. The number of aromatic nitrogens is 2. The van der Waals surface area contributed by atoms with Gasteiger partial charge in [0.15, 0.2) is 0 Å². The van der Waals surface area contributed by atoms with E-state index in [1.54, 1.807) is 12.3 Å². The molecule has 1 N–H and O–H groups in total. The first-order chi connectivity index (χ1) is 11.5. The van der Waals surface area contributed by atoms with Crippen LogP contribution in [-0.4, -0.2) is 41.2 Å². The molecule has 0 saturated heterocycles. The lowest BCUT2D eigenvalue weighted by Crippen LogP contribution is -2.46. The Bertz CT molecular complexity index is 721. The van der Waals surface area contributed by atoms with Gasteiger partial charge in [-0.15, -0.1) is 0 Å². The topological polar surface area (TPSA) is 50.2 Å². The van der Waals surface area contributed by atoms with E-state index in [0.717, 1.165) is 37.9 Å². The summed E-state index contributed by atoms with van der Waals surface area (Å²) in [5, 5.41) is 7.22. The Balaban J connectivity index is 1.71. The molecular weight excluding hydrogens is 307 g/mol. The van der Waals surface area contributed by atoms with Gasteiger partial charge in [-0.3, -0.25) is 9.48 Å². The maximum Gasteiger partial charge on any atom is 0.235 e. The molecule has 1 aromatic carbocycles. The highest BCUT2D eigenvalue weighted by Crippen LogP contribution is 2.44. The molecule has 6 heteroatoms. The molecule has 1 aliphatic carbocycles. The lowest BCUT2D eigenvalue weighted by Gasteiger charge is -2.40. The molecule has 0 bridgehead atoms. The average molecular weight is 330 g/mol. The van der Waals surface area contributed by atoms with Crippen LogP contribution in [0.4, 0.5) is 10.1 Å². The van der Waals surface area contributed by atoms with Crippen LogP contribution in [0, 0.1) is 5.82 Å². The summed E-state index contributed by atoms with van der Waals surface area (Å²) in [5.74, 6) is -0.380. The van der Waals surface area contributed by atoms with E-state index in [9.17, 15) is 9.18 Å². The van der Waals surface area contributed by atoms with Crippen molar-refractivity contribution in [3.8, 4) is 0 Å². The summed E-state index contributed by atoms with van der Waals surface area (Å²) < 4.78 is 15.4. The van der Waals surface area contributed by atoms with Gasteiger partial charge < -0.3 is 10.2 Å². The summed E-state index contributed by atoms with van der Waals surface area (Å²) in [7, 11) is 4.01. The third-order valence-corrected chi connectivity index (χ3v) is 4.69. The Morgan fingerprint density at radius 2 is 2.21 bits per heavy atom. The van der Waals surface area contributed by atoms with E-state index in [1.807, 2.05) is 31.0 Å². The second-order valence-corrected chi connectivity index (χ2v) is 6.70. The summed E-state index contributed by atoms with van der Waals surface area (Å²) in [6.07, 6.45) is 5.96. The maximum atomic E-state index is 13.6. The molecule has 3 rings (SSSR count). The van der Waals surface area contributed by atoms with Gasteiger partial charge in [0.1, 0.15) is 5.82 Å². The number of halogens is 1. The van der Waals surface area contributed by atoms with Crippen LogP contribution < -0.4 is 5.32 Å². The highest BCUT2D eigenvalue weighted by Gasteiger charge is 2.45. The van der Waals surface area contributed by atoms with Crippen molar-refractivity contribution in [2.45, 2.75) is 31.2 Å². The molecule has 24 heavy (non-hydrogen) atoms. The lowest BCUT2D eigenvalue weighted by molar-refractivity contribution is -0.124. The first kappa shape index (κ1) is 16.6. The number of carbonyl (C=O) groups is 1. The quantitative estimate of drug-likeness (QED) is 0.886. The molecule has 0 atom stereocenters. The summed E-state index contributed by atoms with van der Waals surface area (Å²) in [6.45, 7) is 1.64. The largest absolute Gasteiger partial charge is 0.323 e. The van der Waals surface area contributed by atoms with Gasteiger partial charge in [-0.05, 0) is 44.6 Å². The second-order valence-electron chi connectivity index (χ2n) is 6.70. The van der Waals surface area contributed by atoms with E-state index in [2.05, 4.69) is 15.3 Å². The van der Waals surface area contributed by atoms with Crippen molar-refractivity contribution in [3.05, 3.63) is 48.0 Å². The minimum absolute atomic E-state index is 0.0773. The number of carbonyl (C=O) groups excluding carboxylic acids is 1. The van der Waals surface area contributed by atoms with Crippen LogP contribution in [0.5, 0.6) is 0 Å². The Kier molecular flexibility index (Phi) is 4.66. The van der Waals surface area contributed by atoms with Gasteiger partial charge in [-0.2, -0.15) is 5.10 Å². The molecule has 1 saturated carbocycles. The zero-order chi connectivity index (χ0) is 17.2. The van der Waals surface area contributed by atoms with Crippen molar-refractivity contribution >= 4 is 11.6 Å². The lowest BCUT2D eigenvalue weighted by atomic mass is 9.63. The van der Waals surface area contributed by atoms with Crippen molar-refractivity contribution in [1.29, 1.82) is 0 Å². The van der Waals surface area contributed by atoms with Crippen LogP contribution in [0.2, 0.25) is 0 Å². The van der Waals surface area contributed by atoms with Gasteiger partial charge in [0.2, 0.25) is 5.91 Å². The van der Waals surface area contributed by atoms with Crippen LogP contribution >= 0.6 is 0 Å². The predicted molar refractivity (Wildman–Crippen MR) is 91.3 cm³/mol. The number of anilines is 1. The molecule has 1 heterocycles. The Morgan fingerprint density at radius 3 is 2.83 bits per heavy atom. The van der Waals surface area contributed by atoms with Gasteiger partial charge in [0.25, 0.3) is 0 Å². The Morgan fingerprint density at radius 1 is 1.42 bits per heavy atom. The van der Waals surface area contributed by atoms with Crippen LogP contribution in [0.25, 0.3) is 0 Å². The first-order valence-corrected chi connectivity index (χ1v) is 8.24. The number of amides is 1. The number of nitrogens with one attached hydrogen (secondary N) is 1. The highest BCUT2D eigenvalue weighted by molar-refractivity contribution is 5.99. The fourth-order valence-electron chi connectivity index (χ4n) is 3.07. The van der Waals surface area contributed by atoms with E-state index in [4.69, 9.17) is 0 Å². The fourth-order valence-corrected chi connectivity index (χ4v) is 3.07. The minimum Gasteiger partial charge on any atom is -0.323 e. The summed E-state index contributed by atoms with van der Waals surface area (Å²) in [6, 6.07) is 6.38. The molecule has 1 aliphatic rings. The SMILES string of the molecule is CN(C)CCn1cc(NC(=O)C2(c3cccc(F)c3)CCC2)cn1. The Hall–Kier alpha value is -2.21. The summed E-state index contributed by atoms with van der Waals surface area (Å²) in [5.41, 5.74) is 0.820. The standard InChI is InChI=1S/C18H23FN4O/c1-22(2)9-10-23-13-16(12-20-23)21-17(24)18(7-4-8-18)14-5-3-6-15(19)11-14/h3,5-6,11-13H,4,7-10H2,1-2H3,(H,21,24). The molecule has 1 fully saturated rings. The van der Waals surface area contributed by atoms with Crippen LogP contribution in [0.3, 0.4) is 0 Å². The van der Waals surface area contributed by atoms with Gasteiger partial charge in [-0.25, -0.2) is 4.39 Å². The van der Waals surface area contributed by atoms with Crippen molar-refractivity contribution in [3.63, 3.8) is 0 Å². The van der Waals surface area contributed by atoms with Gasteiger partial charge in [0, 0.05) is 12.7 Å². The highest BCUT2D eigenvalue weighted by atomic mass is 19.1. The number of rotatable bonds is 6. The predicted octanol–water partition coefficient (Wildman–Crippen LogP) is 2.64. The molecule has 0 spiro atoms. The molecule has 0 aliphatic heterocycles. The molecule has 0 unspecified atom stereocenters. The van der Waals surface area contributed by atoms with Crippen molar-refractivity contribution in [2.75, 3.05) is 26.0 Å². The van der Waals surface area contributed by atoms with Crippen LogP contribution in [0.15, 0.2) is 36.7 Å². The summed E-state index contributed by atoms with van der Waals surface area (Å²) in [4.78, 5) is 14.9. The minimum atomic E-state index is -0.617. The number of hydrogen-bond acceptors (Lipinski definition) is 3. The molecule has 0 radical (unpaired) electrons. The summed E-state index contributed by atoms with van der Waals surface area (Å²) >= 11 is 0. The van der Waals surface area contributed by atoms with E-state index < -0.39 is 5.41 Å². The smallest absolute Gasteiger partial charge is 0.235 e. The third kappa shape index (κ3) is 3.33. The van der Waals surface area contributed by atoms with Crippen LogP contribution in [0.1, 0.15) is 24.8 Å². The van der Waals surface area contributed by atoms with Gasteiger partial charge in [-0.1, -0.05) is 18.6 Å². The van der Waals surface area contributed by atoms with Crippen molar-refractivity contribution < 1.29 is 9.18 Å². The fraction of sp³-hybridized carbons (Fsp3) is 0.444. The van der Waals surface area contributed by atoms with Crippen LogP contribution in [-0.2, 0) is 16.8 Å². The van der Waals surface area contributed by atoms with Crippen molar-refractivity contribution in [1.82, 2.24) is 14.7 Å². The number of likely N-dealkylation sites (N-methyl/N-ethyl adjacent to an activating group) is 1. The Labute approximate surface area is 141 Å². The molecule has 5 nitrogen and oxygen atoms in total. The molecule has 128 valence electrons. The van der Waals surface area contributed by atoms with Crippen molar-refractivity contribution in [2.24, 2.45) is 0 Å². The normalized spacial score (nSPS) is 16.0. The van der Waals surface area contributed by atoms with E-state index in [0.29, 0.717) is 5.69 Å². The zero-order valence-corrected chi connectivity index (χ0v) is 14.1. The maximum absolute atomic E-state index is 13.6. The zero-order valence-electron chi connectivity index (χ0n) is 14.1. The van der Waals surface area contributed by atoms with E-state index >= 15 is 0 Å². The van der Waals surface area contributed by atoms with Gasteiger partial charge >= 0.3 is 0 Å². The second kappa shape index (κ2) is 6.73. The first-order valence-electron chi connectivity index (χ1n) is 8.24. The van der Waals surface area contributed by atoms with E-state index in [-0.39, 0.29) is 11.7 Å². The number of nitrogens with zero attached hydrogens (tertiary/aromatic N) is 3. The molecule has 2 aromatic rings. The monoisotopic (exact) mass is 330 g/mol. The van der Waals surface area contributed by atoms with Gasteiger partial charge in [0.05, 0.1) is 23.8 Å².